The molecule has 0 aliphatic rings. The molecule has 1 aromatic carbocycles. The van der Waals surface area contributed by atoms with E-state index in [1.165, 1.54) is 11.1 Å². The van der Waals surface area contributed by atoms with Gasteiger partial charge in [0.05, 0.1) is 6.61 Å². The van der Waals surface area contributed by atoms with Crippen molar-refractivity contribution in [2.24, 2.45) is 5.92 Å². The lowest BCUT2D eigenvalue weighted by molar-refractivity contribution is -0.117. The van der Waals surface area contributed by atoms with Gasteiger partial charge in [-0.3, -0.25) is 0 Å². The summed E-state index contributed by atoms with van der Waals surface area (Å²) in [5, 5.41) is 0. The third-order valence-corrected chi connectivity index (χ3v) is 4.19. The molecule has 0 spiro atoms. The van der Waals surface area contributed by atoms with E-state index in [1.807, 2.05) is 0 Å². The second kappa shape index (κ2) is 8.52. The number of carbonyl (C=O) groups is 1. The Morgan fingerprint density at radius 1 is 1.22 bits per heavy atom. The van der Waals surface area contributed by atoms with Gasteiger partial charge in [0.2, 0.25) is 0 Å². The van der Waals surface area contributed by atoms with Crippen LogP contribution in [0.15, 0.2) is 18.2 Å². The molecule has 2 heteroatoms. The highest BCUT2D eigenvalue weighted by Gasteiger charge is 2.21. The summed E-state index contributed by atoms with van der Waals surface area (Å²) in [6, 6.07) is 6.60. The van der Waals surface area contributed by atoms with Gasteiger partial charge in [0.25, 0.3) is 0 Å². The van der Waals surface area contributed by atoms with Gasteiger partial charge in [-0.15, -0.1) is 0 Å². The molecule has 1 aromatic rings. The van der Waals surface area contributed by atoms with Gasteiger partial charge in [0.1, 0.15) is 11.5 Å². The van der Waals surface area contributed by atoms with E-state index in [2.05, 4.69) is 59.7 Å². The SMILES string of the molecule is CCC(CCC(C)=O)c1ccc(OCC(C)C)c(C(C)(C)C)c1. The van der Waals surface area contributed by atoms with Crippen molar-refractivity contribution in [2.75, 3.05) is 6.61 Å². The Balaban J connectivity index is 3.08. The molecule has 0 N–H and O–H groups in total. The second-order valence-electron chi connectivity index (χ2n) is 8.06. The molecule has 0 amide bonds. The first-order valence-corrected chi connectivity index (χ1v) is 8.91. The van der Waals surface area contributed by atoms with Crippen molar-refractivity contribution in [3.8, 4) is 5.75 Å². The molecule has 1 unspecified atom stereocenters. The van der Waals surface area contributed by atoms with Crippen LogP contribution in [0.1, 0.15) is 84.8 Å². The van der Waals surface area contributed by atoms with E-state index < -0.39 is 0 Å². The van der Waals surface area contributed by atoms with Crippen molar-refractivity contribution in [3.05, 3.63) is 29.3 Å². The fourth-order valence-corrected chi connectivity index (χ4v) is 2.75. The van der Waals surface area contributed by atoms with Crippen molar-refractivity contribution in [2.45, 2.75) is 79.1 Å². The summed E-state index contributed by atoms with van der Waals surface area (Å²) in [5.41, 5.74) is 2.63. The van der Waals surface area contributed by atoms with Crippen LogP contribution in [0, 0.1) is 5.92 Å². The molecule has 0 bridgehead atoms. The summed E-state index contributed by atoms with van der Waals surface area (Å²) < 4.78 is 6.04. The van der Waals surface area contributed by atoms with Gasteiger partial charge in [0.15, 0.2) is 0 Å². The highest BCUT2D eigenvalue weighted by atomic mass is 16.5. The predicted molar refractivity (Wildman–Crippen MR) is 98.4 cm³/mol. The number of hydrogen-bond acceptors (Lipinski definition) is 2. The predicted octanol–water partition coefficient (Wildman–Crippen LogP) is 5.88. The molecular formula is C21H34O2. The van der Waals surface area contributed by atoms with Crippen LogP contribution in [0.4, 0.5) is 0 Å². The second-order valence-corrected chi connectivity index (χ2v) is 8.06. The topological polar surface area (TPSA) is 26.3 Å². The zero-order valence-electron chi connectivity index (χ0n) is 16.0. The van der Waals surface area contributed by atoms with Crippen LogP contribution in [0.2, 0.25) is 0 Å². The Bertz CT molecular complexity index is 509. The first-order chi connectivity index (χ1) is 10.6. The maximum absolute atomic E-state index is 11.3. The third-order valence-electron chi connectivity index (χ3n) is 4.19. The summed E-state index contributed by atoms with van der Waals surface area (Å²) in [6.45, 7) is 15.6. The molecular weight excluding hydrogens is 284 g/mol. The Hall–Kier alpha value is -1.31. The smallest absolute Gasteiger partial charge is 0.129 e. The average molecular weight is 319 g/mol. The molecule has 0 radical (unpaired) electrons. The molecule has 23 heavy (non-hydrogen) atoms. The number of ether oxygens (including phenoxy) is 1. The van der Waals surface area contributed by atoms with Crippen LogP contribution >= 0.6 is 0 Å². The lowest BCUT2D eigenvalue weighted by atomic mass is 9.82. The van der Waals surface area contributed by atoms with Crippen LogP contribution in [-0.2, 0) is 10.2 Å². The third kappa shape index (κ3) is 6.37. The summed E-state index contributed by atoms with van der Waals surface area (Å²) in [7, 11) is 0. The minimum atomic E-state index is 0.0428. The molecule has 0 saturated carbocycles. The number of ketones is 1. The standard InChI is InChI=1S/C21H34O2/c1-8-17(10-9-16(4)22)18-11-12-20(23-14-15(2)3)19(13-18)21(5,6)7/h11-13,15,17H,8-10,14H2,1-7H3. The van der Waals surface area contributed by atoms with Gasteiger partial charge in [-0.05, 0) is 54.2 Å². The van der Waals surface area contributed by atoms with E-state index in [9.17, 15) is 4.79 Å². The highest BCUT2D eigenvalue weighted by Crippen LogP contribution is 2.36. The van der Waals surface area contributed by atoms with E-state index in [1.54, 1.807) is 6.92 Å². The zero-order chi connectivity index (χ0) is 17.6. The lowest BCUT2D eigenvalue weighted by Crippen LogP contribution is -2.16. The number of Topliss-reactive ketones (excluding diaryl/α,β-unsaturated/α-hetero) is 1. The molecule has 1 atom stereocenters. The highest BCUT2D eigenvalue weighted by molar-refractivity contribution is 5.75. The van der Waals surface area contributed by atoms with Crippen molar-refractivity contribution in [1.82, 2.24) is 0 Å². The summed E-state index contributed by atoms with van der Waals surface area (Å²) in [4.78, 5) is 11.3. The summed E-state index contributed by atoms with van der Waals surface area (Å²) >= 11 is 0. The molecule has 2 nitrogen and oxygen atoms in total. The molecule has 0 fully saturated rings. The normalized spacial score (nSPS) is 13.2. The Kier molecular flexibility index (Phi) is 7.31. The first-order valence-electron chi connectivity index (χ1n) is 8.91. The van der Waals surface area contributed by atoms with E-state index in [4.69, 9.17) is 4.74 Å². The lowest BCUT2D eigenvalue weighted by Gasteiger charge is -2.26. The van der Waals surface area contributed by atoms with Crippen LogP contribution in [0.25, 0.3) is 0 Å². The van der Waals surface area contributed by atoms with Crippen LogP contribution in [-0.4, -0.2) is 12.4 Å². The van der Waals surface area contributed by atoms with Crippen LogP contribution < -0.4 is 4.74 Å². The first kappa shape index (κ1) is 19.7. The minimum Gasteiger partial charge on any atom is -0.493 e. The van der Waals surface area contributed by atoms with E-state index in [0.29, 0.717) is 18.3 Å². The number of carbonyl (C=O) groups excluding carboxylic acids is 1. The number of benzene rings is 1. The van der Waals surface area contributed by atoms with E-state index >= 15 is 0 Å². The van der Waals surface area contributed by atoms with Gasteiger partial charge in [0, 0.05) is 6.42 Å². The largest absolute Gasteiger partial charge is 0.493 e. The van der Waals surface area contributed by atoms with Gasteiger partial charge in [-0.2, -0.15) is 0 Å². The van der Waals surface area contributed by atoms with Gasteiger partial charge in [-0.25, -0.2) is 0 Å². The Labute approximate surface area is 142 Å². The van der Waals surface area contributed by atoms with Gasteiger partial charge in [-0.1, -0.05) is 53.7 Å². The fraction of sp³-hybridized carbons (Fsp3) is 0.667. The maximum Gasteiger partial charge on any atom is 0.129 e. The summed E-state index contributed by atoms with van der Waals surface area (Å²) in [5.74, 6) is 2.23. The minimum absolute atomic E-state index is 0.0428. The van der Waals surface area contributed by atoms with Crippen molar-refractivity contribution < 1.29 is 9.53 Å². The van der Waals surface area contributed by atoms with E-state index in [0.717, 1.165) is 25.2 Å². The average Bonchev–Trinajstić information content (AvgIpc) is 2.44. The molecule has 0 saturated heterocycles. The number of hydrogen-bond donors (Lipinski definition) is 0. The van der Waals surface area contributed by atoms with Crippen molar-refractivity contribution >= 4 is 5.78 Å². The maximum atomic E-state index is 11.3. The van der Waals surface area contributed by atoms with Gasteiger partial charge < -0.3 is 9.53 Å². The van der Waals surface area contributed by atoms with Crippen molar-refractivity contribution in [1.29, 1.82) is 0 Å². The Morgan fingerprint density at radius 3 is 2.35 bits per heavy atom. The molecule has 0 aliphatic carbocycles. The monoisotopic (exact) mass is 318 g/mol. The van der Waals surface area contributed by atoms with E-state index in [-0.39, 0.29) is 11.2 Å². The molecule has 130 valence electrons. The van der Waals surface area contributed by atoms with Crippen LogP contribution in [0.5, 0.6) is 5.75 Å². The fourth-order valence-electron chi connectivity index (χ4n) is 2.75. The summed E-state index contributed by atoms with van der Waals surface area (Å²) in [6.07, 6.45) is 2.65. The molecule has 0 aromatic heterocycles. The molecule has 1 rings (SSSR count). The zero-order valence-corrected chi connectivity index (χ0v) is 16.0. The van der Waals surface area contributed by atoms with Crippen molar-refractivity contribution in [3.63, 3.8) is 0 Å². The van der Waals surface area contributed by atoms with Gasteiger partial charge >= 0.3 is 0 Å². The quantitative estimate of drug-likeness (QED) is 0.598. The van der Waals surface area contributed by atoms with Crippen LogP contribution in [0.3, 0.4) is 0 Å². The molecule has 0 heterocycles. The Morgan fingerprint density at radius 2 is 1.87 bits per heavy atom. The molecule has 0 aliphatic heterocycles. The number of rotatable bonds is 8.